The zero-order valence-corrected chi connectivity index (χ0v) is 24.1. The number of carbonyl (C=O) groups is 2. The second-order valence-electron chi connectivity index (χ2n) is 9.29. The first-order valence-corrected chi connectivity index (χ1v) is 14.2. The summed E-state index contributed by atoms with van der Waals surface area (Å²) in [6.45, 7) is 0. The number of aliphatic imine (C=N–C) groups is 1. The molecule has 0 saturated carbocycles. The van der Waals surface area contributed by atoms with Gasteiger partial charge in [-0.05, 0) is 64.4 Å². The lowest BCUT2D eigenvalue weighted by Crippen LogP contribution is -2.21. The number of hydrogen-bond acceptors (Lipinski definition) is 5. The minimum atomic E-state index is -5.08. The summed E-state index contributed by atoms with van der Waals surface area (Å²) >= 11 is 7.85. The molecule has 2 N–H and O–H groups in total. The molecule has 1 aliphatic heterocycles. The van der Waals surface area contributed by atoms with E-state index in [0.29, 0.717) is 15.1 Å². The molecule has 0 spiro atoms. The number of nitrogens with one attached hydrogen (secondary N) is 1. The fourth-order valence-electron chi connectivity index (χ4n) is 4.35. The molecule has 44 heavy (non-hydrogen) atoms. The molecule has 220 valence electrons. The second kappa shape index (κ2) is 13.2. The molecule has 0 bridgehead atoms. The molecule has 0 saturated heterocycles. The zero-order chi connectivity index (χ0) is 31.3. The van der Waals surface area contributed by atoms with Crippen LogP contribution in [0, 0.1) is 0 Å². The number of alkyl halides is 3. The molecule has 11 heteroatoms. The van der Waals surface area contributed by atoms with E-state index < -0.39 is 12.1 Å². The van der Waals surface area contributed by atoms with Crippen molar-refractivity contribution in [1.29, 1.82) is 0 Å². The van der Waals surface area contributed by atoms with Gasteiger partial charge in [0.25, 0.3) is 5.91 Å². The Morgan fingerprint density at radius 3 is 2.14 bits per heavy atom. The van der Waals surface area contributed by atoms with Gasteiger partial charge in [0.2, 0.25) is 0 Å². The van der Waals surface area contributed by atoms with Crippen molar-refractivity contribution in [3.05, 3.63) is 125 Å². The summed E-state index contributed by atoms with van der Waals surface area (Å²) < 4.78 is 31.7. The molecule has 2 heterocycles. The predicted molar refractivity (Wildman–Crippen MR) is 169 cm³/mol. The maximum atomic E-state index is 12.8. The first kappa shape index (κ1) is 30.5. The van der Waals surface area contributed by atoms with Crippen molar-refractivity contribution in [1.82, 2.24) is 4.98 Å². The Labute approximate surface area is 258 Å². The third-order valence-electron chi connectivity index (χ3n) is 6.34. The van der Waals surface area contributed by atoms with Crippen LogP contribution in [0.25, 0.3) is 39.2 Å². The number of pyridine rings is 1. The van der Waals surface area contributed by atoms with Gasteiger partial charge >= 0.3 is 12.1 Å². The number of halogens is 4. The number of para-hydroxylation sites is 1. The van der Waals surface area contributed by atoms with Gasteiger partial charge in [0.1, 0.15) is 0 Å². The van der Waals surface area contributed by atoms with Gasteiger partial charge in [-0.15, -0.1) is 0 Å². The van der Waals surface area contributed by atoms with Gasteiger partial charge in [-0.1, -0.05) is 90.5 Å². The van der Waals surface area contributed by atoms with E-state index in [1.807, 2.05) is 97.2 Å². The van der Waals surface area contributed by atoms with Crippen LogP contribution in [0.1, 0.15) is 5.56 Å². The monoisotopic (exact) mass is 631 g/mol. The number of benzene rings is 4. The number of thioether (sulfide) groups is 1. The highest BCUT2D eigenvalue weighted by molar-refractivity contribution is 8.18. The Morgan fingerprint density at radius 2 is 1.50 bits per heavy atom. The Balaban J connectivity index is 0.000000493. The molecular weight excluding hydrogens is 611 g/mol. The molecule has 1 aliphatic rings. The number of carboxylic acids is 1. The van der Waals surface area contributed by atoms with Gasteiger partial charge in [-0.2, -0.15) is 18.2 Å². The molecule has 6 nitrogen and oxygen atoms in total. The number of fused-ring (bicyclic) bond motifs is 1. The third kappa shape index (κ3) is 7.16. The minimum absolute atomic E-state index is 0.282. The van der Waals surface area contributed by atoms with E-state index in [2.05, 4.69) is 33.5 Å². The lowest BCUT2D eigenvalue weighted by atomic mass is 10.00. The van der Waals surface area contributed by atoms with Crippen LogP contribution in [-0.2, 0) is 9.59 Å². The number of nitrogens with zero attached hydrogens (tertiary/aromatic N) is 2. The lowest BCUT2D eigenvalue weighted by molar-refractivity contribution is -0.192. The number of amides is 1. The summed E-state index contributed by atoms with van der Waals surface area (Å²) in [5.41, 5.74) is 6.72. The van der Waals surface area contributed by atoms with Crippen LogP contribution in [-0.4, -0.2) is 33.3 Å². The highest BCUT2D eigenvalue weighted by Crippen LogP contribution is 2.37. The van der Waals surface area contributed by atoms with Crippen LogP contribution >= 0.6 is 23.4 Å². The topological polar surface area (TPSA) is 91.6 Å². The van der Waals surface area contributed by atoms with Gasteiger partial charge in [-0.3, -0.25) is 9.78 Å². The number of carboxylic acid groups (broad SMARTS) is 1. The number of carbonyl (C=O) groups excluding carboxylic acids is 1. The Hall–Kier alpha value is -4.93. The maximum Gasteiger partial charge on any atom is 0.490 e. The van der Waals surface area contributed by atoms with Crippen LogP contribution < -0.4 is 5.32 Å². The fraction of sp³-hybridized carbons (Fsp3) is 0.0303. The second-order valence-corrected chi connectivity index (χ2v) is 10.7. The Bertz CT molecular complexity index is 1910. The highest BCUT2D eigenvalue weighted by atomic mass is 35.5. The molecule has 1 aromatic heterocycles. The van der Waals surface area contributed by atoms with Crippen molar-refractivity contribution in [2.75, 3.05) is 5.32 Å². The van der Waals surface area contributed by atoms with E-state index in [4.69, 9.17) is 21.5 Å². The van der Waals surface area contributed by atoms with E-state index in [1.54, 1.807) is 0 Å². The molecule has 0 fully saturated rings. The summed E-state index contributed by atoms with van der Waals surface area (Å²) in [7, 11) is 0. The lowest BCUT2D eigenvalue weighted by Gasteiger charge is -2.13. The van der Waals surface area contributed by atoms with Crippen molar-refractivity contribution in [2.24, 2.45) is 4.99 Å². The van der Waals surface area contributed by atoms with E-state index >= 15 is 0 Å². The molecule has 0 aliphatic carbocycles. The van der Waals surface area contributed by atoms with Crippen molar-refractivity contribution >= 4 is 63.1 Å². The number of hydrogen-bond donors (Lipinski definition) is 2. The quantitative estimate of drug-likeness (QED) is 0.192. The van der Waals surface area contributed by atoms with Gasteiger partial charge in [-0.25, -0.2) is 4.79 Å². The fourth-order valence-corrected chi connectivity index (χ4v) is 5.39. The van der Waals surface area contributed by atoms with Crippen LogP contribution in [0.3, 0.4) is 0 Å². The average molecular weight is 632 g/mol. The van der Waals surface area contributed by atoms with Crippen LogP contribution in [0.2, 0.25) is 5.02 Å². The standard InChI is InChI=1S/C31H20ClN3OS.C2HF3O2/c32-26-13-7-12-24(22-10-5-2-6-11-22)29(26)34-31-35-30(36)28(37-31)19-20-14-15-27-25(18-20)23(16-17-33-27)21-8-3-1-4-9-21;3-2(4,5)1(6)7/h1-19H,(H,34,35,36);(H,6,7)/b28-19-;. The van der Waals surface area contributed by atoms with Crippen molar-refractivity contribution in [2.45, 2.75) is 6.18 Å². The zero-order valence-electron chi connectivity index (χ0n) is 22.5. The molecule has 5 aromatic rings. The molecule has 6 rings (SSSR count). The molecular formula is C33H21ClF3N3O3S. The smallest absolute Gasteiger partial charge is 0.475 e. The average Bonchev–Trinajstić information content (AvgIpc) is 3.36. The third-order valence-corrected chi connectivity index (χ3v) is 7.56. The number of rotatable bonds is 4. The van der Waals surface area contributed by atoms with Crippen molar-refractivity contribution < 1.29 is 27.9 Å². The number of aromatic nitrogens is 1. The van der Waals surface area contributed by atoms with E-state index in [9.17, 15) is 18.0 Å². The molecule has 0 unspecified atom stereocenters. The van der Waals surface area contributed by atoms with Crippen LogP contribution in [0.15, 0.2) is 119 Å². The van der Waals surface area contributed by atoms with E-state index in [0.717, 1.165) is 44.4 Å². The summed E-state index contributed by atoms with van der Waals surface area (Å²) in [4.78, 5) is 31.0. The van der Waals surface area contributed by atoms with Gasteiger partial charge in [0.05, 0.1) is 21.1 Å². The Morgan fingerprint density at radius 1 is 0.864 bits per heavy atom. The number of anilines is 1. The number of aliphatic carboxylic acids is 1. The normalized spacial score (nSPS) is 13.8. The summed E-state index contributed by atoms with van der Waals surface area (Å²) in [6, 6.07) is 34.0. The number of amidine groups is 1. The first-order valence-electron chi connectivity index (χ1n) is 13.0. The maximum absolute atomic E-state index is 12.8. The highest BCUT2D eigenvalue weighted by Gasteiger charge is 2.38. The van der Waals surface area contributed by atoms with Crippen LogP contribution in [0.4, 0.5) is 18.9 Å². The molecule has 0 atom stereocenters. The molecule has 1 amide bonds. The van der Waals surface area contributed by atoms with Crippen molar-refractivity contribution in [3.8, 4) is 22.3 Å². The van der Waals surface area contributed by atoms with Gasteiger partial charge < -0.3 is 10.4 Å². The largest absolute Gasteiger partial charge is 0.490 e. The summed E-state index contributed by atoms with van der Waals surface area (Å²) in [5.74, 6) is -3.04. The summed E-state index contributed by atoms with van der Waals surface area (Å²) in [6.07, 6.45) is -1.39. The summed E-state index contributed by atoms with van der Waals surface area (Å²) in [5, 5.41) is 12.5. The van der Waals surface area contributed by atoms with Crippen LogP contribution in [0.5, 0.6) is 0 Å². The van der Waals surface area contributed by atoms with Crippen molar-refractivity contribution in [3.63, 3.8) is 0 Å². The molecule has 0 radical (unpaired) electrons. The van der Waals surface area contributed by atoms with E-state index in [-0.39, 0.29) is 5.91 Å². The van der Waals surface area contributed by atoms with Gasteiger partial charge in [0, 0.05) is 17.1 Å². The van der Waals surface area contributed by atoms with E-state index in [1.165, 1.54) is 11.8 Å². The SMILES string of the molecule is O=C(O)C(F)(F)F.O=C1N=C(Nc2c(Cl)cccc2-c2ccccc2)S/C1=C\c1ccc2nccc(-c3ccccc3)c2c1. The minimum Gasteiger partial charge on any atom is -0.475 e. The van der Waals surface area contributed by atoms with Gasteiger partial charge in [0.15, 0.2) is 5.17 Å². The Kier molecular flexibility index (Phi) is 9.12. The first-order chi connectivity index (χ1) is 21.1. The predicted octanol–water partition coefficient (Wildman–Crippen LogP) is 8.94. The molecule has 4 aromatic carbocycles.